The molecule has 1 unspecified atom stereocenters. The second-order valence-electron chi connectivity index (χ2n) is 4.34. The van der Waals surface area contributed by atoms with Crippen molar-refractivity contribution >= 4 is 5.91 Å². The van der Waals surface area contributed by atoms with E-state index in [9.17, 15) is 4.79 Å². The lowest BCUT2D eigenvalue weighted by Gasteiger charge is -2.14. The summed E-state index contributed by atoms with van der Waals surface area (Å²) in [6.07, 6.45) is 3.45. The minimum Gasteiger partial charge on any atom is -0.346 e. The molecule has 0 saturated heterocycles. The van der Waals surface area contributed by atoms with Crippen LogP contribution in [0.4, 0.5) is 0 Å². The Morgan fingerprint density at radius 3 is 2.33 bits per heavy atom. The maximum atomic E-state index is 12.0. The molecule has 0 radical (unpaired) electrons. The number of nitrogens with zero attached hydrogens (tertiary/aromatic N) is 1. The van der Waals surface area contributed by atoms with Gasteiger partial charge < -0.3 is 5.32 Å². The summed E-state index contributed by atoms with van der Waals surface area (Å²) in [6.45, 7) is 3.96. The van der Waals surface area contributed by atoms with Crippen molar-refractivity contribution in [2.75, 3.05) is 0 Å². The minimum absolute atomic E-state index is 0.0261. The smallest absolute Gasteiger partial charge is 0.251 e. The largest absolute Gasteiger partial charge is 0.346 e. The number of rotatable bonds is 3. The number of pyridine rings is 1. The zero-order valence-electron chi connectivity index (χ0n) is 10.6. The summed E-state index contributed by atoms with van der Waals surface area (Å²) in [7, 11) is 0. The molecule has 2 rings (SSSR count). The standard InChI is InChI=1S/C15H16N2O/c1-11-3-5-14(6-4-11)15(18)17-12(2)13-7-9-16-10-8-13/h3-10,12H,1-2H3,(H,17,18). The number of carbonyl (C=O) groups excluding carboxylic acids is 1. The molecule has 1 aromatic carbocycles. The summed E-state index contributed by atoms with van der Waals surface area (Å²) in [5.41, 5.74) is 2.88. The monoisotopic (exact) mass is 240 g/mol. The molecular weight excluding hydrogens is 224 g/mol. The van der Waals surface area contributed by atoms with Crippen LogP contribution in [-0.4, -0.2) is 10.9 Å². The first-order chi connectivity index (χ1) is 8.66. The van der Waals surface area contributed by atoms with Gasteiger partial charge in [-0.15, -0.1) is 0 Å². The molecule has 1 aromatic heterocycles. The van der Waals surface area contributed by atoms with Crippen molar-refractivity contribution in [2.24, 2.45) is 0 Å². The van der Waals surface area contributed by atoms with Crippen molar-refractivity contribution in [1.82, 2.24) is 10.3 Å². The van der Waals surface area contributed by atoms with Crippen LogP contribution in [0.5, 0.6) is 0 Å². The maximum Gasteiger partial charge on any atom is 0.251 e. The van der Waals surface area contributed by atoms with E-state index in [1.165, 1.54) is 0 Å². The third-order valence-corrected chi connectivity index (χ3v) is 2.87. The molecule has 0 spiro atoms. The molecular formula is C15H16N2O. The normalized spacial score (nSPS) is 11.9. The lowest BCUT2D eigenvalue weighted by molar-refractivity contribution is 0.0940. The Morgan fingerprint density at radius 2 is 1.72 bits per heavy atom. The van der Waals surface area contributed by atoms with Crippen molar-refractivity contribution in [3.8, 4) is 0 Å². The molecule has 1 atom stereocenters. The Labute approximate surface area is 107 Å². The molecule has 3 nitrogen and oxygen atoms in total. The second kappa shape index (κ2) is 5.45. The van der Waals surface area contributed by atoms with Gasteiger partial charge in [0.05, 0.1) is 6.04 Å². The quantitative estimate of drug-likeness (QED) is 0.896. The van der Waals surface area contributed by atoms with Crippen LogP contribution in [0.15, 0.2) is 48.8 Å². The Morgan fingerprint density at radius 1 is 1.11 bits per heavy atom. The van der Waals surface area contributed by atoms with Gasteiger partial charge in [-0.05, 0) is 43.7 Å². The predicted octanol–water partition coefficient (Wildman–Crippen LogP) is 2.88. The van der Waals surface area contributed by atoms with Gasteiger partial charge in [-0.3, -0.25) is 9.78 Å². The summed E-state index contributed by atoms with van der Waals surface area (Å²) >= 11 is 0. The van der Waals surface area contributed by atoms with Crippen molar-refractivity contribution in [1.29, 1.82) is 0 Å². The number of aromatic nitrogens is 1. The minimum atomic E-state index is -0.0562. The highest BCUT2D eigenvalue weighted by Gasteiger charge is 2.10. The Balaban J connectivity index is 2.06. The average molecular weight is 240 g/mol. The van der Waals surface area contributed by atoms with Crippen LogP contribution in [0.2, 0.25) is 0 Å². The van der Waals surface area contributed by atoms with E-state index >= 15 is 0 Å². The molecule has 18 heavy (non-hydrogen) atoms. The van der Waals surface area contributed by atoms with Crippen LogP contribution in [0.25, 0.3) is 0 Å². The van der Waals surface area contributed by atoms with Crippen molar-refractivity contribution in [2.45, 2.75) is 19.9 Å². The van der Waals surface area contributed by atoms with Gasteiger partial charge in [-0.2, -0.15) is 0 Å². The molecule has 3 heteroatoms. The molecule has 0 aliphatic carbocycles. The molecule has 0 aliphatic rings. The van der Waals surface area contributed by atoms with E-state index in [-0.39, 0.29) is 11.9 Å². The highest BCUT2D eigenvalue weighted by molar-refractivity contribution is 5.94. The van der Waals surface area contributed by atoms with Gasteiger partial charge in [0.15, 0.2) is 0 Å². The number of aryl methyl sites for hydroxylation is 1. The topological polar surface area (TPSA) is 42.0 Å². The zero-order valence-corrected chi connectivity index (χ0v) is 10.6. The SMILES string of the molecule is Cc1ccc(C(=O)NC(C)c2ccncc2)cc1. The third kappa shape index (κ3) is 2.94. The molecule has 92 valence electrons. The zero-order chi connectivity index (χ0) is 13.0. The average Bonchev–Trinajstić information content (AvgIpc) is 2.40. The first kappa shape index (κ1) is 12.3. The van der Waals surface area contributed by atoms with E-state index in [1.54, 1.807) is 12.4 Å². The van der Waals surface area contributed by atoms with Crippen LogP contribution in [0, 0.1) is 6.92 Å². The highest BCUT2D eigenvalue weighted by atomic mass is 16.1. The van der Waals surface area contributed by atoms with E-state index < -0.39 is 0 Å². The molecule has 1 heterocycles. The molecule has 1 amide bonds. The number of carbonyl (C=O) groups is 1. The molecule has 0 saturated carbocycles. The Bertz CT molecular complexity index is 520. The third-order valence-electron chi connectivity index (χ3n) is 2.87. The number of amides is 1. The number of benzene rings is 1. The fraction of sp³-hybridized carbons (Fsp3) is 0.200. The fourth-order valence-electron chi connectivity index (χ4n) is 1.72. The van der Waals surface area contributed by atoms with E-state index in [0.717, 1.165) is 11.1 Å². The first-order valence-electron chi connectivity index (χ1n) is 5.94. The summed E-state index contributed by atoms with van der Waals surface area (Å²) < 4.78 is 0. The molecule has 0 bridgehead atoms. The summed E-state index contributed by atoms with van der Waals surface area (Å²) in [4.78, 5) is 16.0. The number of nitrogens with one attached hydrogen (secondary N) is 1. The summed E-state index contributed by atoms with van der Waals surface area (Å²) in [6, 6.07) is 11.3. The van der Waals surface area contributed by atoms with E-state index in [1.807, 2.05) is 50.2 Å². The van der Waals surface area contributed by atoms with Crippen molar-refractivity contribution in [3.63, 3.8) is 0 Å². The van der Waals surface area contributed by atoms with Crippen LogP contribution in [-0.2, 0) is 0 Å². The van der Waals surface area contributed by atoms with E-state index in [4.69, 9.17) is 0 Å². The lowest BCUT2D eigenvalue weighted by Crippen LogP contribution is -2.26. The lowest BCUT2D eigenvalue weighted by atomic mass is 10.1. The summed E-state index contributed by atoms with van der Waals surface area (Å²) in [5.74, 6) is -0.0562. The van der Waals surface area contributed by atoms with Gasteiger partial charge in [0.2, 0.25) is 0 Å². The van der Waals surface area contributed by atoms with E-state index in [2.05, 4.69) is 10.3 Å². The molecule has 0 fully saturated rings. The number of hydrogen-bond acceptors (Lipinski definition) is 2. The van der Waals surface area contributed by atoms with Crippen LogP contribution in [0.1, 0.15) is 34.5 Å². The molecule has 2 aromatic rings. The predicted molar refractivity (Wildman–Crippen MR) is 71.3 cm³/mol. The van der Waals surface area contributed by atoms with Gasteiger partial charge in [0.25, 0.3) is 5.91 Å². The van der Waals surface area contributed by atoms with E-state index in [0.29, 0.717) is 5.56 Å². The van der Waals surface area contributed by atoms with Gasteiger partial charge in [0, 0.05) is 18.0 Å². The van der Waals surface area contributed by atoms with Crippen LogP contribution < -0.4 is 5.32 Å². The van der Waals surface area contributed by atoms with Crippen LogP contribution in [0.3, 0.4) is 0 Å². The fourth-order valence-corrected chi connectivity index (χ4v) is 1.72. The van der Waals surface area contributed by atoms with Gasteiger partial charge >= 0.3 is 0 Å². The first-order valence-corrected chi connectivity index (χ1v) is 5.94. The molecule has 0 aliphatic heterocycles. The van der Waals surface area contributed by atoms with Gasteiger partial charge in [-0.25, -0.2) is 0 Å². The number of hydrogen-bond donors (Lipinski definition) is 1. The highest BCUT2D eigenvalue weighted by Crippen LogP contribution is 2.11. The molecule has 1 N–H and O–H groups in total. The maximum absolute atomic E-state index is 12.0. The Hall–Kier alpha value is -2.16. The summed E-state index contributed by atoms with van der Waals surface area (Å²) in [5, 5.41) is 2.97. The van der Waals surface area contributed by atoms with Gasteiger partial charge in [0.1, 0.15) is 0 Å². The van der Waals surface area contributed by atoms with Crippen molar-refractivity contribution in [3.05, 3.63) is 65.5 Å². The second-order valence-corrected chi connectivity index (χ2v) is 4.34. The Kier molecular flexibility index (Phi) is 3.72. The van der Waals surface area contributed by atoms with Crippen molar-refractivity contribution < 1.29 is 4.79 Å². The van der Waals surface area contributed by atoms with Crippen LogP contribution >= 0.6 is 0 Å². The van der Waals surface area contributed by atoms with Gasteiger partial charge in [-0.1, -0.05) is 17.7 Å².